The fourth-order valence-electron chi connectivity index (χ4n) is 0.862. The molecule has 4 heteroatoms. The maximum atomic E-state index is 13.3. The number of halogens is 2. The molecule has 0 radical (unpaired) electrons. The van der Waals surface area contributed by atoms with Crippen LogP contribution in [0.3, 0.4) is 0 Å². The highest BCUT2D eigenvalue weighted by atomic mass is 79.9. The van der Waals surface area contributed by atoms with Crippen LogP contribution in [0.15, 0.2) is 21.7 Å². The Labute approximate surface area is 78.4 Å². The molecule has 2 nitrogen and oxygen atoms in total. The van der Waals surface area contributed by atoms with E-state index in [1.807, 2.05) is 0 Å². The predicted octanol–water partition coefficient (Wildman–Crippen LogP) is 2.19. The van der Waals surface area contributed by atoms with Gasteiger partial charge in [-0.05, 0) is 24.6 Å². The molecule has 0 atom stereocenters. The summed E-state index contributed by atoms with van der Waals surface area (Å²) in [7, 11) is 0. The standard InChI is InChI=1S/C8H8BrFN2/c1-5-7(9)3-2-6(4-12-11)8(5)10/h2-4H,11H2,1H3. The first-order valence-electron chi connectivity index (χ1n) is 3.34. The molecule has 1 aromatic rings. The van der Waals surface area contributed by atoms with Gasteiger partial charge in [0.15, 0.2) is 0 Å². The molecule has 1 rings (SSSR count). The summed E-state index contributed by atoms with van der Waals surface area (Å²) in [6.45, 7) is 1.69. The van der Waals surface area contributed by atoms with Crippen LogP contribution in [0.25, 0.3) is 0 Å². The second kappa shape index (κ2) is 3.67. The lowest BCUT2D eigenvalue weighted by molar-refractivity contribution is 0.615. The number of hydrogen-bond donors (Lipinski definition) is 1. The minimum atomic E-state index is -0.293. The lowest BCUT2D eigenvalue weighted by Gasteiger charge is -2.01. The smallest absolute Gasteiger partial charge is 0.136 e. The van der Waals surface area contributed by atoms with Crippen molar-refractivity contribution in [1.29, 1.82) is 0 Å². The second-order valence-electron chi connectivity index (χ2n) is 2.35. The molecule has 0 saturated heterocycles. The Kier molecular flexibility index (Phi) is 2.81. The third-order valence-electron chi connectivity index (χ3n) is 1.56. The van der Waals surface area contributed by atoms with Crippen LogP contribution in [0.2, 0.25) is 0 Å². The van der Waals surface area contributed by atoms with Crippen molar-refractivity contribution < 1.29 is 4.39 Å². The van der Waals surface area contributed by atoms with Crippen LogP contribution in [0.1, 0.15) is 11.1 Å². The Morgan fingerprint density at radius 1 is 1.58 bits per heavy atom. The van der Waals surface area contributed by atoms with Crippen molar-refractivity contribution in [2.45, 2.75) is 6.92 Å². The topological polar surface area (TPSA) is 38.4 Å². The van der Waals surface area contributed by atoms with E-state index in [4.69, 9.17) is 5.84 Å². The van der Waals surface area contributed by atoms with Gasteiger partial charge in [-0.2, -0.15) is 5.10 Å². The van der Waals surface area contributed by atoms with Gasteiger partial charge in [0.25, 0.3) is 0 Å². The zero-order valence-electron chi connectivity index (χ0n) is 6.51. The van der Waals surface area contributed by atoms with E-state index in [-0.39, 0.29) is 5.82 Å². The highest BCUT2D eigenvalue weighted by molar-refractivity contribution is 9.10. The lowest BCUT2D eigenvalue weighted by atomic mass is 10.1. The average Bonchev–Trinajstić information content (AvgIpc) is 2.07. The van der Waals surface area contributed by atoms with Crippen LogP contribution in [0, 0.1) is 12.7 Å². The van der Waals surface area contributed by atoms with Crippen LogP contribution in [0.4, 0.5) is 4.39 Å². The molecule has 0 aliphatic heterocycles. The van der Waals surface area contributed by atoms with Crippen LogP contribution < -0.4 is 5.84 Å². The number of hydrazone groups is 1. The van der Waals surface area contributed by atoms with Crippen LogP contribution in [0.5, 0.6) is 0 Å². The SMILES string of the molecule is Cc1c(Br)ccc(C=NN)c1F. The molecule has 0 spiro atoms. The summed E-state index contributed by atoms with van der Waals surface area (Å²) in [5.74, 6) is 4.62. The van der Waals surface area contributed by atoms with Gasteiger partial charge in [-0.15, -0.1) is 0 Å². The van der Waals surface area contributed by atoms with E-state index in [0.717, 1.165) is 4.47 Å². The predicted molar refractivity (Wildman–Crippen MR) is 50.6 cm³/mol. The summed E-state index contributed by atoms with van der Waals surface area (Å²) in [5.41, 5.74) is 0.964. The fraction of sp³-hybridized carbons (Fsp3) is 0.125. The Balaban J connectivity index is 3.26. The van der Waals surface area contributed by atoms with Gasteiger partial charge in [0, 0.05) is 10.0 Å². The molecule has 0 bridgehead atoms. The van der Waals surface area contributed by atoms with E-state index >= 15 is 0 Å². The van der Waals surface area contributed by atoms with Crippen molar-refractivity contribution in [2.75, 3.05) is 0 Å². The van der Waals surface area contributed by atoms with E-state index in [2.05, 4.69) is 21.0 Å². The van der Waals surface area contributed by atoms with E-state index in [1.165, 1.54) is 6.21 Å². The van der Waals surface area contributed by atoms with Gasteiger partial charge in [-0.25, -0.2) is 4.39 Å². The number of rotatable bonds is 1. The first kappa shape index (κ1) is 9.19. The van der Waals surface area contributed by atoms with Gasteiger partial charge >= 0.3 is 0 Å². The minimum absolute atomic E-state index is 0.293. The zero-order chi connectivity index (χ0) is 9.14. The normalized spacial score (nSPS) is 10.9. The van der Waals surface area contributed by atoms with E-state index in [1.54, 1.807) is 19.1 Å². The Hall–Kier alpha value is -0.900. The van der Waals surface area contributed by atoms with Gasteiger partial charge in [-0.3, -0.25) is 0 Å². The number of benzene rings is 1. The average molecular weight is 231 g/mol. The van der Waals surface area contributed by atoms with Crippen molar-refractivity contribution >= 4 is 22.1 Å². The largest absolute Gasteiger partial charge is 0.323 e. The van der Waals surface area contributed by atoms with Crippen LogP contribution in [-0.4, -0.2) is 6.21 Å². The molecular weight excluding hydrogens is 223 g/mol. The van der Waals surface area contributed by atoms with Crippen molar-refractivity contribution in [3.63, 3.8) is 0 Å². The highest BCUT2D eigenvalue weighted by Crippen LogP contribution is 2.20. The monoisotopic (exact) mass is 230 g/mol. The van der Waals surface area contributed by atoms with Gasteiger partial charge < -0.3 is 5.84 Å². The number of nitrogens with two attached hydrogens (primary N) is 1. The van der Waals surface area contributed by atoms with Crippen LogP contribution in [-0.2, 0) is 0 Å². The third kappa shape index (κ3) is 1.64. The van der Waals surface area contributed by atoms with Crippen molar-refractivity contribution in [3.8, 4) is 0 Å². The van der Waals surface area contributed by atoms with Crippen molar-refractivity contribution in [2.24, 2.45) is 10.9 Å². The maximum absolute atomic E-state index is 13.3. The van der Waals surface area contributed by atoms with Gasteiger partial charge in [-0.1, -0.05) is 15.9 Å². The first-order chi connectivity index (χ1) is 5.66. The van der Waals surface area contributed by atoms with Gasteiger partial charge in [0.05, 0.1) is 6.21 Å². The number of nitrogens with zero attached hydrogens (tertiary/aromatic N) is 1. The van der Waals surface area contributed by atoms with Crippen molar-refractivity contribution in [3.05, 3.63) is 33.5 Å². The number of hydrogen-bond acceptors (Lipinski definition) is 2. The third-order valence-corrected chi connectivity index (χ3v) is 2.42. The summed E-state index contributed by atoms with van der Waals surface area (Å²) < 4.78 is 14.0. The Morgan fingerprint density at radius 3 is 2.83 bits per heavy atom. The Morgan fingerprint density at radius 2 is 2.25 bits per heavy atom. The molecule has 0 heterocycles. The summed E-state index contributed by atoms with van der Waals surface area (Å²) in [4.78, 5) is 0. The summed E-state index contributed by atoms with van der Waals surface area (Å²) >= 11 is 3.22. The summed E-state index contributed by atoms with van der Waals surface area (Å²) in [6.07, 6.45) is 1.29. The molecule has 0 unspecified atom stereocenters. The van der Waals surface area contributed by atoms with E-state index in [0.29, 0.717) is 11.1 Å². The molecule has 0 aromatic heterocycles. The Bertz CT molecular complexity index is 323. The second-order valence-corrected chi connectivity index (χ2v) is 3.21. The summed E-state index contributed by atoms with van der Waals surface area (Å²) in [5, 5.41) is 3.26. The molecule has 1 aromatic carbocycles. The minimum Gasteiger partial charge on any atom is -0.323 e. The van der Waals surface area contributed by atoms with Gasteiger partial charge in [0.2, 0.25) is 0 Å². The molecule has 64 valence electrons. The molecule has 0 fully saturated rings. The molecule has 0 aliphatic rings. The zero-order valence-corrected chi connectivity index (χ0v) is 8.10. The molecule has 0 amide bonds. The van der Waals surface area contributed by atoms with Gasteiger partial charge in [0.1, 0.15) is 5.82 Å². The van der Waals surface area contributed by atoms with Crippen molar-refractivity contribution in [1.82, 2.24) is 0 Å². The molecule has 0 aliphatic carbocycles. The fourth-order valence-corrected chi connectivity index (χ4v) is 1.17. The van der Waals surface area contributed by atoms with E-state index < -0.39 is 0 Å². The quantitative estimate of drug-likeness (QED) is 0.449. The maximum Gasteiger partial charge on any atom is 0.136 e. The molecule has 12 heavy (non-hydrogen) atoms. The molecular formula is C8H8BrFN2. The van der Waals surface area contributed by atoms with E-state index in [9.17, 15) is 4.39 Å². The van der Waals surface area contributed by atoms with Crippen LogP contribution >= 0.6 is 15.9 Å². The molecule has 0 saturated carbocycles. The first-order valence-corrected chi connectivity index (χ1v) is 4.14. The summed E-state index contributed by atoms with van der Waals surface area (Å²) in [6, 6.07) is 3.37. The highest BCUT2D eigenvalue weighted by Gasteiger charge is 2.05. The molecule has 2 N–H and O–H groups in total. The lowest BCUT2D eigenvalue weighted by Crippen LogP contribution is -1.94.